The Morgan fingerprint density at radius 2 is 1.96 bits per heavy atom. The number of benzene rings is 2. The summed E-state index contributed by atoms with van der Waals surface area (Å²) < 4.78 is 5.19. The molecule has 2 N–H and O–H groups in total. The van der Waals surface area contributed by atoms with Crippen molar-refractivity contribution in [2.75, 3.05) is 29.2 Å². The van der Waals surface area contributed by atoms with Gasteiger partial charge in [-0.05, 0) is 30.3 Å². The highest BCUT2D eigenvalue weighted by molar-refractivity contribution is 6.34. The average Bonchev–Trinajstić information content (AvgIpc) is 3.05. The van der Waals surface area contributed by atoms with E-state index in [1.54, 1.807) is 54.5 Å². The van der Waals surface area contributed by atoms with Gasteiger partial charge in [-0.1, -0.05) is 17.7 Å². The molecule has 0 unspecified atom stereocenters. The summed E-state index contributed by atoms with van der Waals surface area (Å²) in [5.74, 6) is -0.449. The summed E-state index contributed by atoms with van der Waals surface area (Å²) in [7, 11) is 1.56. The van der Waals surface area contributed by atoms with Crippen molar-refractivity contribution in [3.05, 3.63) is 47.5 Å². The van der Waals surface area contributed by atoms with Gasteiger partial charge < -0.3 is 20.3 Å². The van der Waals surface area contributed by atoms with Crippen LogP contribution in [0.3, 0.4) is 0 Å². The van der Waals surface area contributed by atoms with Gasteiger partial charge in [-0.15, -0.1) is 0 Å². The predicted octanol–water partition coefficient (Wildman–Crippen LogP) is 3.30. The van der Waals surface area contributed by atoms with E-state index >= 15 is 0 Å². The third kappa shape index (κ3) is 4.43. The van der Waals surface area contributed by atoms with Crippen molar-refractivity contribution in [2.45, 2.75) is 13.3 Å². The summed E-state index contributed by atoms with van der Waals surface area (Å²) in [5.41, 5.74) is 1.66. The lowest BCUT2D eigenvalue weighted by molar-refractivity contribution is -0.122. The number of hydrogen-bond donors (Lipinski definition) is 2. The molecular formula is C20H20ClN3O4. The molecule has 2 aromatic carbocycles. The number of halogens is 1. The average molecular weight is 402 g/mol. The highest BCUT2D eigenvalue weighted by atomic mass is 35.5. The molecule has 1 fully saturated rings. The molecule has 1 aliphatic rings. The minimum Gasteiger partial charge on any atom is -0.497 e. The van der Waals surface area contributed by atoms with E-state index < -0.39 is 5.92 Å². The molecule has 7 nitrogen and oxygen atoms in total. The fourth-order valence-corrected chi connectivity index (χ4v) is 3.27. The minimum absolute atomic E-state index is 0.118. The third-order valence-electron chi connectivity index (χ3n) is 4.41. The van der Waals surface area contributed by atoms with Crippen molar-refractivity contribution in [1.82, 2.24) is 0 Å². The van der Waals surface area contributed by atoms with Crippen LogP contribution in [0.15, 0.2) is 42.5 Å². The van der Waals surface area contributed by atoms with Crippen LogP contribution >= 0.6 is 11.6 Å². The zero-order chi connectivity index (χ0) is 20.3. The van der Waals surface area contributed by atoms with Gasteiger partial charge in [0.15, 0.2) is 0 Å². The summed E-state index contributed by atoms with van der Waals surface area (Å²) in [4.78, 5) is 37.7. The molecule has 0 radical (unpaired) electrons. The molecule has 0 aromatic heterocycles. The quantitative estimate of drug-likeness (QED) is 0.804. The Morgan fingerprint density at radius 3 is 2.64 bits per heavy atom. The van der Waals surface area contributed by atoms with Gasteiger partial charge in [0.1, 0.15) is 5.75 Å². The Labute approximate surface area is 167 Å². The zero-order valence-electron chi connectivity index (χ0n) is 15.5. The fourth-order valence-electron chi connectivity index (χ4n) is 3.04. The van der Waals surface area contributed by atoms with Crippen molar-refractivity contribution in [1.29, 1.82) is 0 Å². The number of carbonyl (C=O) groups is 3. The van der Waals surface area contributed by atoms with Gasteiger partial charge in [-0.3, -0.25) is 14.4 Å². The largest absolute Gasteiger partial charge is 0.497 e. The van der Waals surface area contributed by atoms with Gasteiger partial charge in [-0.25, -0.2) is 0 Å². The van der Waals surface area contributed by atoms with Crippen LogP contribution in [0.1, 0.15) is 13.3 Å². The van der Waals surface area contributed by atoms with Gasteiger partial charge in [-0.2, -0.15) is 0 Å². The highest BCUT2D eigenvalue weighted by Gasteiger charge is 2.35. The third-order valence-corrected chi connectivity index (χ3v) is 4.72. The molecule has 3 rings (SSSR count). The number of methoxy groups -OCH3 is 1. The molecule has 146 valence electrons. The van der Waals surface area contributed by atoms with E-state index in [0.29, 0.717) is 27.8 Å². The van der Waals surface area contributed by atoms with E-state index in [4.69, 9.17) is 16.3 Å². The van der Waals surface area contributed by atoms with E-state index in [0.717, 1.165) is 0 Å². The van der Waals surface area contributed by atoms with Crippen molar-refractivity contribution in [3.8, 4) is 5.75 Å². The Kier molecular flexibility index (Phi) is 5.84. The van der Waals surface area contributed by atoms with Gasteiger partial charge in [0.05, 0.1) is 23.7 Å². The van der Waals surface area contributed by atoms with Crippen molar-refractivity contribution < 1.29 is 19.1 Å². The molecule has 1 saturated heterocycles. The lowest BCUT2D eigenvalue weighted by atomic mass is 10.1. The first-order chi connectivity index (χ1) is 13.4. The second-order valence-corrected chi connectivity index (χ2v) is 6.88. The van der Waals surface area contributed by atoms with Crippen LogP contribution in [0.5, 0.6) is 5.75 Å². The molecule has 0 bridgehead atoms. The molecule has 1 aliphatic heterocycles. The predicted molar refractivity (Wildman–Crippen MR) is 108 cm³/mol. The molecule has 0 spiro atoms. The second-order valence-electron chi connectivity index (χ2n) is 6.47. The van der Waals surface area contributed by atoms with Crippen LogP contribution in [-0.4, -0.2) is 31.4 Å². The van der Waals surface area contributed by atoms with Crippen molar-refractivity contribution >= 4 is 46.4 Å². The van der Waals surface area contributed by atoms with E-state index in [1.807, 2.05) is 0 Å². The number of amides is 3. The van der Waals surface area contributed by atoms with Crippen molar-refractivity contribution in [2.24, 2.45) is 5.92 Å². The Bertz CT molecular complexity index is 931. The van der Waals surface area contributed by atoms with Crippen LogP contribution in [0, 0.1) is 5.92 Å². The number of ether oxygens (including phenoxy) is 1. The van der Waals surface area contributed by atoms with Gasteiger partial charge >= 0.3 is 0 Å². The normalized spacial score (nSPS) is 16.0. The lowest BCUT2D eigenvalue weighted by Crippen LogP contribution is -2.28. The number of nitrogens with zero attached hydrogens (tertiary/aromatic N) is 1. The lowest BCUT2D eigenvalue weighted by Gasteiger charge is -2.17. The summed E-state index contributed by atoms with van der Waals surface area (Å²) >= 11 is 6.13. The summed E-state index contributed by atoms with van der Waals surface area (Å²) in [6.45, 7) is 1.67. The molecule has 28 heavy (non-hydrogen) atoms. The maximum absolute atomic E-state index is 12.6. The Hall–Kier alpha value is -3.06. The number of hydrogen-bond acceptors (Lipinski definition) is 4. The highest BCUT2D eigenvalue weighted by Crippen LogP contribution is 2.30. The van der Waals surface area contributed by atoms with E-state index in [-0.39, 0.29) is 30.7 Å². The molecule has 8 heteroatoms. The maximum atomic E-state index is 12.6. The van der Waals surface area contributed by atoms with E-state index in [9.17, 15) is 14.4 Å². The molecule has 3 amide bonds. The molecule has 1 heterocycles. The topological polar surface area (TPSA) is 87.7 Å². The van der Waals surface area contributed by atoms with E-state index in [1.165, 1.54) is 6.92 Å². The fraction of sp³-hybridized carbons (Fsp3) is 0.250. The van der Waals surface area contributed by atoms with Crippen LogP contribution in [0.25, 0.3) is 0 Å². The van der Waals surface area contributed by atoms with E-state index in [2.05, 4.69) is 10.6 Å². The summed E-state index contributed by atoms with van der Waals surface area (Å²) in [6.07, 6.45) is 0.126. The van der Waals surface area contributed by atoms with Crippen LogP contribution in [0.4, 0.5) is 17.1 Å². The number of anilines is 3. The second kappa shape index (κ2) is 8.31. The Morgan fingerprint density at radius 1 is 1.18 bits per heavy atom. The summed E-state index contributed by atoms with van der Waals surface area (Å²) in [5, 5.41) is 5.70. The number of nitrogens with one attached hydrogen (secondary N) is 2. The molecule has 0 saturated carbocycles. The molecule has 1 atom stereocenters. The number of carbonyl (C=O) groups excluding carboxylic acids is 3. The van der Waals surface area contributed by atoms with Crippen molar-refractivity contribution in [3.63, 3.8) is 0 Å². The maximum Gasteiger partial charge on any atom is 0.229 e. The molecular weight excluding hydrogens is 382 g/mol. The Balaban J connectivity index is 1.67. The molecule has 0 aliphatic carbocycles. The standard InChI is InChI=1S/C20H20ClN3O4/c1-12(25)22-18-7-6-14(9-17(18)21)23-20(27)13-8-19(26)24(11-13)15-4-3-5-16(10-15)28-2/h3-7,9-10,13H,8,11H2,1-2H3,(H,22,25)(H,23,27)/t13-/m0/s1. The van der Waals surface area contributed by atoms with Crippen LogP contribution in [-0.2, 0) is 14.4 Å². The van der Waals surface area contributed by atoms with Crippen LogP contribution in [0.2, 0.25) is 5.02 Å². The van der Waals surface area contributed by atoms with Crippen LogP contribution < -0.4 is 20.3 Å². The zero-order valence-corrected chi connectivity index (χ0v) is 16.2. The first kappa shape index (κ1) is 19.7. The SMILES string of the molecule is COc1cccc(N2C[C@@H](C(=O)Nc3ccc(NC(C)=O)c(Cl)c3)CC2=O)c1. The minimum atomic E-state index is -0.479. The van der Waals surface area contributed by atoms with Gasteiger partial charge in [0.2, 0.25) is 17.7 Å². The monoisotopic (exact) mass is 401 g/mol. The first-order valence-corrected chi connectivity index (χ1v) is 9.07. The van der Waals surface area contributed by atoms with Gasteiger partial charge in [0, 0.05) is 37.3 Å². The number of rotatable bonds is 5. The molecule has 2 aromatic rings. The summed E-state index contributed by atoms with van der Waals surface area (Å²) in [6, 6.07) is 12.0. The van der Waals surface area contributed by atoms with Gasteiger partial charge in [0.25, 0.3) is 0 Å². The first-order valence-electron chi connectivity index (χ1n) is 8.70. The smallest absolute Gasteiger partial charge is 0.229 e.